The highest BCUT2D eigenvalue weighted by Crippen LogP contribution is 2.09. The summed E-state index contributed by atoms with van der Waals surface area (Å²) in [6, 6.07) is 0. The highest BCUT2D eigenvalue weighted by molar-refractivity contribution is 7.87. The van der Waals surface area contributed by atoms with Crippen LogP contribution in [0.2, 0.25) is 0 Å². The number of hydrazine groups is 1. The van der Waals surface area contributed by atoms with Crippen molar-refractivity contribution < 1.29 is 13.2 Å². The van der Waals surface area contributed by atoms with Gasteiger partial charge in [0.2, 0.25) is 0 Å². The van der Waals surface area contributed by atoms with E-state index in [1.165, 1.54) is 10.7 Å². The van der Waals surface area contributed by atoms with Gasteiger partial charge in [0.15, 0.2) is 0 Å². The summed E-state index contributed by atoms with van der Waals surface area (Å²) in [5.74, 6) is 0. The Bertz CT molecular complexity index is 308. The Balaban J connectivity index is 1.90. The predicted octanol–water partition coefficient (Wildman–Crippen LogP) is -0.446. The summed E-state index contributed by atoms with van der Waals surface area (Å²) in [7, 11) is -3.35. The van der Waals surface area contributed by atoms with Crippen molar-refractivity contribution >= 4 is 10.2 Å². The van der Waals surface area contributed by atoms with Crippen LogP contribution in [0, 0.1) is 0 Å². The lowest BCUT2D eigenvalue weighted by molar-refractivity contribution is 0.0701. The number of piperidine rings is 1. The third-order valence-corrected chi connectivity index (χ3v) is 4.44. The van der Waals surface area contributed by atoms with Crippen LogP contribution in [-0.2, 0) is 14.9 Å². The molecule has 0 aromatic heterocycles. The molecule has 2 rings (SSSR count). The molecule has 2 aliphatic rings. The van der Waals surface area contributed by atoms with Crippen molar-refractivity contribution in [1.29, 1.82) is 0 Å². The molecule has 0 aliphatic carbocycles. The highest BCUT2D eigenvalue weighted by atomic mass is 32.2. The van der Waals surface area contributed by atoms with Gasteiger partial charge in [-0.15, -0.1) is 4.83 Å². The predicted molar refractivity (Wildman–Crippen MR) is 59.9 cm³/mol. The molecule has 2 aliphatic heterocycles. The second-order valence-corrected chi connectivity index (χ2v) is 5.80. The van der Waals surface area contributed by atoms with Gasteiger partial charge in [0, 0.05) is 26.2 Å². The summed E-state index contributed by atoms with van der Waals surface area (Å²) in [4.78, 5) is 2.64. The van der Waals surface area contributed by atoms with Gasteiger partial charge >= 0.3 is 0 Å². The topological polar surface area (TPSA) is 61.9 Å². The van der Waals surface area contributed by atoms with Gasteiger partial charge in [-0.25, -0.2) is 5.01 Å². The number of hydrogen-bond acceptors (Lipinski definition) is 4. The molecule has 0 spiro atoms. The van der Waals surface area contributed by atoms with Crippen LogP contribution in [0.5, 0.6) is 0 Å². The van der Waals surface area contributed by atoms with Crippen molar-refractivity contribution in [3.05, 3.63) is 0 Å². The van der Waals surface area contributed by atoms with Crippen molar-refractivity contribution in [1.82, 2.24) is 14.1 Å². The minimum atomic E-state index is -3.35. The van der Waals surface area contributed by atoms with Crippen LogP contribution in [-0.4, -0.2) is 57.1 Å². The molecule has 0 amide bonds. The molecular weight excluding hydrogens is 230 g/mol. The van der Waals surface area contributed by atoms with Crippen LogP contribution < -0.4 is 4.83 Å². The first kappa shape index (κ1) is 12.3. The fraction of sp³-hybridized carbons (Fsp3) is 1.00. The lowest BCUT2D eigenvalue weighted by Gasteiger charge is -2.31. The number of nitrogens with one attached hydrogen (secondary N) is 1. The number of nitrogens with zero attached hydrogens (tertiary/aromatic N) is 2. The maximum Gasteiger partial charge on any atom is 0.292 e. The van der Waals surface area contributed by atoms with Gasteiger partial charge in [-0.1, -0.05) is 6.42 Å². The SMILES string of the molecule is O=S(=O)(NN1CCCCC1)N1CCOCC1. The van der Waals surface area contributed by atoms with Gasteiger partial charge in [0.1, 0.15) is 0 Å². The van der Waals surface area contributed by atoms with Gasteiger partial charge in [0.05, 0.1) is 13.2 Å². The lowest BCUT2D eigenvalue weighted by atomic mass is 10.2. The largest absolute Gasteiger partial charge is 0.379 e. The van der Waals surface area contributed by atoms with E-state index in [2.05, 4.69) is 4.83 Å². The van der Waals surface area contributed by atoms with Crippen molar-refractivity contribution in [2.75, 3.05) is 39.4 Å². The smallest absolute Gasteiger partial charge is 0.292 e. The van der Waals surface area contributed by atoms with E-state index in [0.29, 0.717) is 26.3 Å². The normalized spacial score (nSPS) is 25.8. The Morgan fingerprint density at radius 2 is 1.56 bits per heavy atom. The molecule has 7 heteroatoms. The molecular formula is C9H19N3O3S. The Hall–Kier alpha value is -0.210. The molecule has 0 saturated carbocycles. The zero-order valence-electron chi connectivity index (χ0n) is 9.39. The molecule has 94 valence electrons. The summed E-state index contributed by atoms with van der Waals surface area (Å²) in [6.45, 7) is 3.49. The van der Waals surface area contributed by atoms with Crippen LogP contribution in [0.1, 0.15) is 19.3 Å². The first-order valence-corrected chi connectivity index (χ1v) is 7.23. The summed E-state index contributed by atoms with van der Waals surface area (Å²) < 4.78 is 30.5. The third kappa shape index (κ3) is 3.14. The standard InChI is InChI=1S/C9H19N3O3S/c13-16(14,12-6-8-15-9-7-12)10-11-4-2-1-3-5-11/h10H,1-9H2. The maximum atomic E-state index is 12.0. The molecule has 2 heterocycles. The molecule has 0 aromatic carbocycles. The molecule has 2 saturated heterocycles. The number of hydrogen-bond donors (Lipinski definition) is 1. The average Bonchev–Trinajstić information content (AvgIpc) is 2.31. The van der Waals surface area contributed by atoms with E-state index in [4.69, 9.17) is 4.74 Å². The second kappa shape index (κ2) is 5.42. The molecule has 2 fully saturated rings. The number of ether oxygens (including phenoxy) is 1. The van der Waals surface area contributed by atoms with Crippen molar-refractivity contribution in [3.8, 4) is 0 Å². The molecule has 16 heavy (non-hydrogen) atoms. The Kier molecular flexibility index (Phi) is 4.15. The third-order valence-electron chi connectivity index (χ3n) is 2.91. The van der Waals surface area contributed by atoms with Crippen LogP contribution in [0.4, 0.5) is 0 Å². The first-order valence-electron chi connectivity index (χ1n) is 5.79. The number of rotatable bonds is 3. The number of morpholine rings is 1. The maximum absolute atomic E-state index is 12.0. The van der Waals surface area contributed by atoms with E-state index < -0.39 is 10.2 Å². The quantitative estimate of drug-likeness (QED) is 0.736. The Morgan fingerprint density at radius 1 is 0.938 bits per heavy atom. The van der Waals surface area contributed by atoms with Crippen molar-refractivity contribution in [2.24, 2.45) is 0 Å². The zero-order chi connectivity index (χ0) is 11.4. The van der Waals surface area contributed by atoms with E-state index >= 15 is 0 Å². The van der Waals surface area contributed by atoms with E-state index in [1.807, 2.05) is 0 Å². The van der Waals surface area contributed by atoms with E-state index in [1.54, 1.807) is 5.01 Å². The van der Waals surface area contributed by atoms with Gasteiger partial charge in [-0.05, 0) is 12.8 Å². The molecule has 0 bridgehead atoms. The molecule has 0 radical (unpaired) electrons. The second-order valence-electron chi connectivity index (χ2n) is 4.16. The Labute approximate surface area is 96.7 Å². The zero-order valence-corrected chi connectivity index (χ0v) is 10.2. The van der Waals surface area contributed by atoms with Crippen molar-refractivity contribution in [2.45, 2.75) is 19.3 Å². The van der Waals surface area contributed by atoms with E-state index in [9.17, 15) is 8.42 Å². The first-order chi connectivity index (χ1) is 7.68. The molecule has 1 N–H and O–H groups in total. The van der Waals surface area contributed by atoms with E-state index in [-0.39, 0.29) is 0 Å². The molecule has 0 aromatic rings. The van der Waals surface area contributed by atoms with Crippen LogP contribution >= 0.6 is 0 Å². The molecule has 0 atom stereocenters. The summed E-state index contributed by atoms with van der Waals surface area (Å²) in [5, 5.41) is 1.80. The summed E-state index contributed by atoms with van der Waals surface area (Å²) >= 11 is 0. The van der Waals surface area contributed by atoms with Crippen LogP contribution in [0.3, 0.4) is 0 Å². The Morgan fingerprint density at radius 3 is 2.19 bits per heavy atom. The minimum absolute atomic E-state index is 0.448. The monoisotopic (exact) mass is 249 g/mol. The highest BCUT2D eigenvalue weighted by Gasteiger charge is 2.26. The van der Waals surface area contributed by atoms with Crippen molar-refractivity contribution in [3.63, 3.8) is 0 Å². The minimum Gasteiger partial charge on any atom is -0.379 e. The fourth-order valence-electron chi connectivity index (χ4n) is 1.99. The average molecular weight is 249 g/mol. The summed E-state index contributed by atoms with van der Waals surface area (Å²) in [6.07, 6.45) is 3.31. The molecule has 0 unspecified atom stereocenters. The van der Waals surface area contributed by atoms with Gasteiger partial charge in [-0.2, -0.15) is 12.7 Å². The van der Waals surface area contributed by atoms with Crippen LogP contribution in [0.15, 0.2) is 0 Å². The molecule has 6 nitrogen and oxygen atoms in total. The fourth-order valence-corrected chi connectivity index (χ4v) is 3.25. The van der Waals surface area contributed by atoms with E-state index in [0.717, 1.165) is 25.9 Å². The summed E-state index contributed by atoms with van der Waals surface area (Å²) in [5.41, 5.74) is 0. The van der Waals surface area contributed by atoms with Gasteiger partial charge < -0.3 is 4.74 Å². The lowest BCUT2D eigenvalue weighted by Crippen LogP contribution is -2.53. The van der Waals surface area contributed by atoms with Gasteiger partial charge in [0.25, 0.3) is 10.2 Å². The van der Waals surface area contributed by atoms with Gasteiger partial charge in [-0.3, -0.25) is 0 Å². The van der Waals surface area contributed by atoms with Crippen LogP contribution in [0.25, 0.3) is 0 Å².